The highest BCUT2D eigenvalue weighted by Gasteiger charge is 2.06. The molecule has 2 aromatic rings. The van der Waals surface area contributed by atoms with Crippen molar-refractivity contribution in [2.24, 2.45) is 0 Å². The summed E-state index contributed by atoms with van der Waals surface area (Å²) in [5, 5.41) is 14.2. The van der Waals surface area contributed by atoms with Crippen LogP contribution < -0.4 is 5.32 Å². The summed E-state index contributed by atoms with van der Waals surface area (Å²) in [6.45, 7) is 3.52. The van der Waals surface area contributed by atoms with E-state index in [-0.39, 0.29) is 0 Å². The molecule has 2 rings (SSSR count). The number of hydrogen-bond acceptors (Lipinski definition) is 2. The molecular formula is C17H20ClNO. The Hall–Kier alpha value is -1.35. The highest BCUT2D eigenvalue weighted by molar-refractivity contribution is 6.31. The van der Waals surface area contributed by atoms with Crippen molar-refractivity contribution in [1.29, 1.82) is 0 Å². The summed E-state index contributed by atoms with van der Waals surface area (Å²) in [4.78, 5) is 0. The number of hydrogen-bond donors (Lipinski definition) is 2. The van der Waals surface area contributed by atoms with Crippen LogP contribution in [0.15, 0.2) is 48.5 Å². The second kappa shape index (κ2) is 7.44. The maximum Gasteiger partial charge on any atom is 0.0802 e. The second-order valence-corrected chi connectivity index (χ2v) is 5.39. The number of benzene rings is 2. The van der Waals surface area contributed by atoms with Crippen LogP contribution in [0.3, 0.4) is 0 Å². The van der Waals surface area contributed by atoms with Gasteiger partial charge >= 0.3 is 0 Å². The van der Waals surface area contributed by atoms with Gasteiger partial charge in [0.1, 0.15) is 0 Å². The molecule has 0 aliphatic carbocycles. The second-order valence-electron chi connectivity index (χ2n) is 4.98. The molecule has 20 heavy (non-hydrogen) atoms. The number of rotatable bonds is 6. The van der Waals surface area contributed by atoms with Crippen molar-refractivity contribution in [3.8, 4) is 0 Å². The van der Waals surface area contributed by atoms with E-state index in [4.69, 9.17) is 11.6 Å². The predicted octanol–water partition coefficient (Wildman–Crippen LogP) is 3.86. The van der Waals surface area contributed by atoms with E-state index in [9.17, 15) is 5.11 Å². The predicted molar refractivity (Wildman–Crippen MR) is 83.9 cm³/mol. The van der Waals surface area contributed by atoms with E-state index in [1.54, 1.807) is 0 Å². The van der Waals surface area contributed by atoms with E-state index in [1.165, 1.54) is 5.56 Å². The number of nitrogens with one attached hydrogen (secondary N) is 1. The molecule has 1 unspecified atom stereocenters. The summed E-state index contributed by atoms with van der Waals surface area (Å²) in [5.41, 5.74) is 3.26. The summed E-state index contributed by atoms with van der Waals surface area (Å²) >= 11 is 6.09. The lowest BCUT2D eigenvalue weighted by molar-refractivity contribution is 0.166. The first-order chi connectivity index (χ1) is 9.66. The number of aryl methyl sites for hydroxylation is 1. The van der Waals surface area contributed by atoms with Crippen LogP contribution in [-0.4, -0.2) is 11.7 Å². The van der Waals surface area contributed by atoms with Crippen LogP contribution in [0.2, 0.25) is 5.02 Å². The quantitative estimate of drug-likeness (QED) is 0.792. The molecule has 0 amide bonds. The van der Waals surface area contributed by atoms with E-state index in [1.807, 2.05) is 55.5 Å². The molecule has 106 valence electrons. The lowest BCUT2D eigenvalue weighted by Gasteiger charge is -2.12. The van der Waals surface area contributed by atoms with E-state index in [2.05, 4.69) is 5.32 Å². The topological polar surface area (TPSA) is 32.3 Å². The van der Waals surface area contributed by atoms with E-state index >= 15 is 0 Å². The van der Waals surface area contributed by atoms with Gasteiger partial charge in [0, 0.05) is 11.6 Å². The van der Waals surface area contributed by atoms with Gasteiger partial charge in [0.15, 0.2) is 0 Å². The third-order valence-corrected chi connectivity index (χ3v) is 3.70. The van der Waals surface area contributed by atoms with Crippen LogP contribution in [0.5, 0.6) is 0 Å². The molecule has 1 atom stereocenters. The average molecular weight is 290 g/mol. The number of aliphatic hydroxyl groups is 1. The third kappa shape index (κ3) is 4.34. The normalized spacial score (nSPS) is 12.3. The monoisotopic (exact) mass is 289 g/mol. The van der Waals surface area contributed by atoms with Gasteiger partial charge in [-0.3, -0.25) is 0 Å². The van der Waals surface area contributed by atoms with Gasteiger partial charge in [-0.15, -0.1) is 0 Å². The molecule has 0 aliphatic heterocycles. The SMILES string of the molecule is Cc1ccc(C(O)CCNCc2ccccc2Cl)cc1. The van der Waals surface area contributed by atoms with Crippen molar-refractivity contribution in [2.45, 2.75) is 26.0 Å². The molecule has 2 aromatic carbocycles. The van der Waals surface area contributed by atoms with Crippen LogP contribution in [-0.2, 0) is 6.54 Å². The van der Waals surface area contributed by atoms with Crippen LogP contribution in [0.25, 0.3) is 0 Å². The molecule has 0 aromatic heterocycles. The van der Waals surface area contributed by atoms with E-state index < -0.39 is 6.10 Å². The zero-order valence-electron chi connectivity index (χ0n) is 11.6. The molecular weight excluding hydrogens is 270 g/mol. The molecule has 0 saturated heterocycles. The van der Waals surface area contributed by atoms with Gasteiger partial charge in [-0.05, 0) is 37.1 Å². The maximum absolute atomic E-state index is 10.1. The van der Waals surface area contributed by atoms with Crippen LogP contribution in [0, 0.1) is 6.92 Å². The Morgan fingerprint density at radius 3 is 2.50 bits per heavy atom. The molecule has 0 fully saturated rings. The minimum atomic E-state index is -0.422. The fraction of sp³-hybridized carbons (Fsp3) is 0.294. The molecule has 0 saturated carbocycles. The third-order valence-electron chi connectivity index (χ3n) is 3.33. The van der Waals surface area contributed by atoms with E-state index in [0.29, 0.717) is 6.42 Å². The summed E-state index contributed by atoms with van der Waals surface area (Å²) in [5.74, 6) is 0. The summed E-state index contributed by atoms with van der Waals surface area (Å²) in [6.07, 6.45) is 0.266. The first-order valence-electron chi connectivity index (χ1n) is 6.85. The smallest absolute Gasteiger partial charge is 0.0802 e. The molecule has 0 heterocycles. The summed E-state index contributed by atoms with van der Waals surface area (Å²) in [6, 6.07) is 15.8. The van der Waals surface area contributed by atoms with Crippen molar-refractivity contribution >= 4 is 11.6 Å². The Bertz CT molecular complexity index is 539. The molecule has 0 bridgehead atoms. The van der Waals surface area contributed by atoms with Gasteiger partial charge in [-0.2, -0.15) is 0 Å². The summed E-state index contributed by atoms with van der Waals surface area (Å²) < 4.78 is 0. The Morgan fingerprint density at radius 2 is 1.80 bits per heavy atom. The Balaban J connectivity index is 1.76. The molecule has 2 N–H and O–H groups in total. The van der Waals surface area contributed by atoms with Crippen LogP contribution in [0.4, 0.5) is 0 Å². The van der Waals surface area contributed by atoms with Gasteiger partial charge in [0.2, 0.25) is 0 Å². The molecule has 0 aliphatic rings. The Kier molecular flexibility index (Phi) is 5.60. The zero-order chi connectivity index (χ0) is 14.4. The van der Waals surface area contributed by atoms with Gasteiger partial charge in [-0.1, -0.05) is 59.6 Å². The summed E-state index contributed by atoms with van der Waals surface area (Å²) in [7, 11) is 0. The van der Waals surface area contributed by atoms with Gasteiger partial charge in [0.25, 0.3) is 0 Å². The number of halogens is 1. The first-order valence-corrected chi connectivity index (χ1v) is 7.23. The lowest BCUT2D eigenvalue weighted by atomic mass is 10.1. The van der Waals surface area contributed by atoms with E-state index in [0.717, 1.165) is 29.2 Å². The number of aliphatic hydroxyl groups excluding tert-OH is 1. The Labute approximate surface area is 125 Å². The zero-order valence-corrected chi connectivity index (χ0v) is 12.4. The minimum absolute atomic E-state index is 0.422. The Morgan fingerprint density at radius 1 is 1.10 bits per heavy atom. The van der Waals surface area contributed by atoms with Crippen molar-refractivity contribution in [3.05, 3.63) is 70.2 Å². The van der Waals surface area contributed by atoms with Crippen molar-refractivity contribution in [3.63, 3.8) is 0 Å². The van der Waals surface area contributed by atoms with Crippen LogP contribution >= 0.6 is 11.6 Å². The van der Waals surface area contributed by atoms with Crippen LogP contribution in [0.1, 0.15) is 29.2 Å². The fourth-order valence-corrected chi connectivity index (χ4v) is 2.26. The van der Waals surface area contributed by atoms with Crippen molar-refractivity contribution in [1.82, 2.24) is 5.32 Å². The standard InChI is InChI=1S/C17H20ClNO/c1-13-6-8-14(9-7-13)17(20)10-11-19-12-15-4-2-3-5-16(15)18/h2-9,17,19-20H,10-12H2,1H3. The average Bonchev–Trinajstić information content (AvgIpc) is 2.46. The van der Waals surface area contributed by atoms with Gasteiger partial charge in [0.05, 0.1) is 6.10 Å². The molecule has 2 nitrogen and oxygen atoms in total. The molecule has 3 heteroatoms. The maximum atomic E-state index is 10.1. The highest BCUT2D eigenvalue weighted by Crippen LogP contribution is 2.17. The molecule has 0 spiro atoms. The minimum Gasteiger partial charge on any atom is -0.388 e. The largest absolute Gasteiger partial charge is 0.388 e. The fourth-order valence-electron chi connectivity index (χ4n) is 2.06. The van der Waals surface area contributed by atoms with Gasteiger partial charge < -0.3 is 10.4 Å². The van der Waals surface area contributed by atoms with Crippen molar-refractivity contribution in [2.75, 3.05) is 6.54 Å². The molecule has 0 radical (unpaired) electrons. The lowest BCUT2D eigenvalue weighted by Crippen LogP contribution is -2.17. The first kappa shape index (κ1) is 15.0. The highest BCUT2D eigenvalue weighted by atomic mass is 35.5. The van der Waals surface area contributed by atoms with Gasteiger partial charge in [-0.25, -0.2) is 0 Å². The van der Waals surface area contributed by atoms with Crippen molar-refractivity contribution < 1.29 is 5.11 Å².